The molecular formula is C52H97NO13. The van der Waals surface area contributed by atoms with Gasteiger partial charge in [0.25, 0.3) is 0 Å². The molecule has 0 aromatic rings. The van der Waals surface area contributed by atoms with Crippen LogP contribution in [0.3, 0.4) is 0 Å². The quantitative estimate of drug-likeness (QED) is 0.0216. The Morgan fingerprint density at radius 2 is 1.00 bits per heavy atom. The maximum absolute atomic E-state index is 13.2. The average molecular weight is 944 g/mol. The maximum Gasteiger partial charge on any atom is 0.220 e. The summed E-state index contributed by atoms with van der Waals surface area (Å²) in [5.41, 5.74) is 0. The van der Waals surface area contributed by atoms with Gasteiger partial charge in [0.2, 0.25) is 5.91 Å². The van der Waals surface area contributed by atoms with Crippen LogP contribution in [0.15, 0.2) is 24.3 Å². The van der Waals surface area contributed by atoms with Crippen molar-refractivity contribution in [3.63, 3.8) is 0 Å². The Morgan fingerprint density at radius 3 is 1.52 bits per heavy atom. The molecule has 0 saturated carbocycles. The van der Waals surface area contributed by atoms with Gasteiger partial charge in [0.1, 0.15) is 48.8 Å². The molecule has 2 heterocycles. The smallest absolute Gasteiger partial charge is 0.220 e. The molecule has 0 aromatic carbocycles. The Morgan fingerprint density at radius 1 is 0.545 bits per heavy atom. The van der Waals surface area contributed by atoms with Crippen molar-refractivity contribution in [2.24, 2.45) is 0 Å². The molecule has 0 radical (unpaired) electrons. The Bertz CT molecular complexity index is 1210. The van der Waals surface area contributed by atoms with E-state index in [-0.39, 0.29) is 12.5 Å². The summed E-state index contributed by atoms with van der Waals surface area (Å²) in [6.45, 7) is 2.81. The van der Waals surface area contributed by atoms with Gasteiger partial charge in [0.15, 0.2) is 12.6 Å². The van der Waals surface area contributed by atoms with Crippen LogP contribution in [0.1, 0.15) is 206 Å². The number of carbonyl (C=O) groups is 1. The van der Waals surface area contributed by atoms with Crippen LogP contribution < -0.4 is 5.32 Å². The summed E-state index contributed by atoms with van der Waals surface area (Å²) in [4.78, 5) is 13.2. The van der Waals surface area contributed by atoms with E-state index in [9.17, 15) is 45.6 Å². The predicted molar refractivity (Wildman–Crippen MR) is 258 cm³/mol. The van der Waals surface area contributed by atoms with Crippen molar-refractivity contribution in [1.29, 1.82) is 0 Å². The molecule has 0 aliphatic carbocycles. The number of nitrogens with one attached hydrogen (secondary N) is 1. The molecule has 12 atom stereocenters. The third kappa shape index (κ3) is 25.9. The molecule has 12 unspecified atom stereocenters. The zero-order valence-corrected chi connectivity index (χ0v) is 41.2. The summed E-state index contributed by atoms with van der Waals surface area (Å²) in [7, 11) is 0. The highest BCUT2D eigenvalue weighted by Crippen LogP contribution is 2.30. The van der Waals surface area contributed by atoms with E-state index in [0.717, 1.165) is 57.8 Å². The lowest BCUT2D eigenvalue weighted by molar-refractivity contribution is -0.359. The highest BCUT2D eigenvalue weighted by Gasteiger charge is 2.51. The Kier molecular flexibility index (Phi) is 36.0. The van der Waals surface area contributed by atoms with Crippen molar-refractivity contribution < 1.29 is 64.6 Å². The zero-order chi connectivity index (χ0) is 48.2. The fourth-order valence-corrected chi connectivity index (χ4v) is 8.80. The predicted octanol–water partition coefficient (Wildman–Crippen LogP) is 7.33. The van der Waals surface area contributed by atoms with Gasteiger partial charge < -0.3 is 65.1 Å². The third-order valence-corrected chi connectivity index (χ3v) is 13.2. The minimum Gasteiger partial charge on any atom is -0.394 e. The Hall–Kier alpha value is -1.53. The van der Waals surface area contributed by atoms with E-state index in [0.29, 0.717) is 12.8 Å². The first kappa shape index (κ1) is 60.6. The second-order valence-corrected chi connectivity index (χ2v) is 19.0. The summed E-state index contributed by atoms with van der Waals surface area (Å²) >= 11 is 0. The van der Waals surface area contributed by atoms with Crippen LogP contribution >= 0.6 is 0 Å². The Labute approximate surface area is 398 Å². The van der Waals surface area contributed by atoms with E-state index < -0.39 is 86.8 Å². The zero-order valence-electron chi connectivity index (χ0n) is 41.2. The number of amides is 1. The second-order valence-electron chi connectivity index (χ2n) is 19.0. The van der Waals surface area contributed by atoms with Crippen LogP contribution in [0.25, 0.3) is 0 Å². The van der Waals surface area contributed by atoms with Crippen LogP contribution in [0.5, 0.6) is 0 Å². The Balaban J connectivity index is 1.73. The lowest BCUT2D eigenvalue weighted by Gasteiger charge is -2.46. The van der Waals surface area contributed by atoms with Crippen LogP contribution in [0, 0.1) is 0 Å². The summed E-state index contributed by atoms with van der Waals surface area (Å²) < 4.78 is 22.7. The largest absolute Gasteiger partial charge is 0.394 e. The SMILES string of the molecule is CCCCCCC/C=C\C/C=C\CCCCCCCCCCCCCC(=O)NC(COC1OC(CO)C(OC2OC(CO)C(O)C(O)C2O)C(O)C1O)C(O)CCCCCCCCCCC. The fourth-order valence-electron chi connectivity index (χ4n) is 8.80. The van der Waals surface area contributed by atoms with Crippen molar-refractivity contribution in [2.75, 3.05) is 19.8 Å². The van der Waals surface area contributed by atoms with Gasteiger partial charge in [-0.2, -0.15) is 0 Å². The number of carbonyl (C=O) groups excluding carboxylic acids is 1. The summed E-state index contributed by atoms with van der Waals surface area (Å²) in [6, 6.07) is -0.825. The van der Waals surface area contributed by atoms with Crippen molar-refractivity contribution in [1.82, 2.24) is 5.32 Å². The first-order valence-electron chi connectivity index (χ1n) is 26.6. The van der Waals surface area contributed by atoms with Gasteiger partial charge in [-0.1, -0.05) is 179 Å². The van der Waals surface area contributed by atoms with E-state index in [1.165, 1.54) is 122 Å². The number of hydrogen-bond donors (Lipinski definition) is 9. The normalized spacial score (nSPS) is 26.9. The number of allylic oxidation sites excluding steroid dienone is 4. The molecule has 14 heteroatoms. The van der Waals surface area contributed by atoms with E-state index in [1.54, 1.807) is 0 Å². The van der Waals surface area contributed by atoms with Crippen molar-refractivity contribution >= 4 is 5.91 Å². The van der Waals surface area contributed by atoms with Gasteiger partial charge in [0.05, 0.1) is 32.0 Å². The van der Waals surface area contributed by atoms with Gasteiger partial charge in [-0.3, -0.25) is 4.79 Å². The molecule has 388 valence electrons. The van der Waals surface area contributed by atoms with Crippen molar-refractivity contribution in [3.8, 4) is 0 Å². The molecule has 0 bridgehead atoms. The molecule has 2 rings (SSSR count). The third-order valence-electron chi connectivity index (χ3n) is 13.2. The lowest BCUT2D eigenvalue weighted by atomic mass is 9.97. The van der Waals surface area contributed by atoms with Crippen LogP contribution in [0.2, 0.25) is 0 Å². The highest BCUT2D eigenvalue weighted by molar-refractivity contribution is 5.76. The van der Waals surface area contributed by atoms with Gasteiger partial charge >= 0.3 is 0 Å². The number of hydrogen-bond acceptors (Lipinski definition) is 13. The summed E-state index contributed by atoms with van der Waals surface area (Å²) in [5, 5.41) is 86.8. The molecule has 2 fully saturated rings. The molecule has 9 N–H and O–H groups in total. The van der Waals surface area contributed by atoms with Crippen molar-refractivity contribution in [3.05, 3.63) is 24.3 Å². The minimum absolute atomic E-state index is 0.211. The van der Waals surface area contributed by atoms with Gasteiger partial charge in [-0.15, -0.1) is 0 Å². The van der Waals surface area contributed by atoms with Crippen LogP contribution in [-0.4, -0.2) is 140 Å². The number of rotatable bonds is 41. The molecule has 2 aliphatic heterocycles. The van der Waals surface area contributed by atoms with Crippen LogP contribution in [0.4, 0.5) is 0 Å². The second kappa shape index (κ2) is 39.2. The number of ether oxygens (including phenoxy) is 4. The molecule has 66 heavy (non-hydrogen) atoms. The number of aliphatic hydroxyl groups excluding tert-OH is 8. The molecule has 0 aromatic heterocycles. The summed E-state index contributed by atoms with van der Waals surface area (Å²) in [6.07, 6.45) is 26.2. The van der Waals surface area contributed by atoms with E-state index >= 15 is 0 Å². The van der Waals surface area contributed by atoms with Crippen LogP contribution in [-0.2, 0) is 23.7 Å². The van der Waals surface area contributed by atoms with Gasteiger partial charge in [-0.05, 0) is 44.9 Å². The van der Waals surface area contributed by atoms with E-state index in [1.807, 2.05) is 0 Å². The first-order chi connectivity index (χ1) is 32.1. The number of aliphatic hydroxyl groups is 8. The maximum atomic E-state index is 13.2. The molecule has 0 spiro atoms. The standard InChI is InChI=1S/C52H97NO13/c1-3-5-7-9-11-13-14-15-16-17-18-19-20-21-22-23-24-25-26-28-30-32-34-36-44(57)53-40(41(56)35-33-31-29-27-12-10-8-6-4-2)39-63-51-49(62)47(60)50(43(38-55)65-51)66-52-48(61)46(59)45(58)42(37-54)64-52/h14-15,17-18,40-43,45-52,54-56,58-62H,3-13,16,19-39H2,1-2H3,(H,53,57)/b15-14-,18-17-. The van der Waals surface area contributed by atoms with E-state index in [2.05, 4.69) is 43.5 Å². The van der Waals surface area contributed by atoms with Crippen molar-refractivity contribution in [2.45, 2.75) is 280 Å². The topological polar surface area (TPSA) is 228 Å². The summed E-state index contributed by atoms with van der Waals surface area (Å²) in [5.74, 6) is -0.211. The molecule has 1 amide bonds. The first-order valence-corrected chi connectivity index (χ1v) is 26.6. The molecule has 2 saturated heterocycles. The van der Waals surface area contributed by atoms with Gasteiger partial charge in [-0.25, -0.2) is 0 Å². The molecular weight excluding hydrogens is 847 g/mol. The molecule has 14 nitrogen and oxygen atoms in total. The monoisotopic (exact) mass is 944 g/mol. The van der Waals surface area contributed by atoms with Gasteiger partial charge in [0, 0.05) is 6.42 Å². The fraction of sp³-hybridized carbons (Fsp3) is 0.904. The molecule has 2 aliphatic rings. The minimum atomic E-state index is -1.78. The number of unbranched alkanes of at least 4 members (excludes halogenated alkanes) is 24. The average Bonchev–Trinajstić information content (AvgIpc) is 3.31. The van der Waals surface area contributed by atoms with E-state index in [4.69, 9.17) is 18.9 Å². The lowest BCUT2D eigenvalue weighted by Crippen LogP contribution is -2.65. The highest BCUT2D eigenvalue weighted by atomic mass is 16.7.